The first-order chi connectivity index (χ1) is 14.4. The van der Waals surface area contributed by atoms with E-state index in [1.165, 1.54) is 0 Å². The number of fused-ring (bicyclic) bond motifs is 1. The lowest BCUT2D eigenvalue weighted by Gasteiger charge is -2.12. The zero-order valence-electron chi connectivity index (χ0n) is 15.4. The van der Waals surface area contributed by atoms with Gasteiger partial charge in [0.15, 0.2) is 11.6 Å². The number of hydrogen-bond donors (Lipinski definition) is 4. The zero-order chi connectivity index (χ0) is 21.3. The molecular formula is C21H15F3N4O2. The third kappa shape index (κ3) is 4.19. The van der Waals surface area contributed by atoms with E-state index in [1.54, 1.807) is 30.3 Å². The van der Waals surface area contributed by atoms with Gasteiger partial charge in [-0.2, -0.15) is 0 Å². The predicted octanol–water partition coefficient (Wildman–Crippen LogP) is 4.99. The monoisotopic (exact) mass is 412 g/mol. The van der Waals surface area contributed by atoms with Crippen molar-refractivity contribution in [1.29, 1.82) is 0 Å². The van der Waals surface area contributed by atoms with Gasteiger partial charge < -0.3 is 21.3 Å². The smallest absolute Gasteiger partial charge is 0.323 e. The Kier molecular flexibility index (Phi) is 5.01. The van der Waals surface area contributed by atoms with Crippen molar-refractivity contribution in [2.75, 3.05) is 21.3 Å². The van der Waals surface area contributed by atoms with Gasteiger partial charge in [-0.25, -0.2) is 18.0 Å². The highest BCUT2D eigenvalue weighted by Crippen LogP contribution is 2.28. The molecule has 4 rings (SSSR count). The number of carbonyl (C=O) groups is 2. The van der Waals surface area contributed by atoms with Crippen molar-refractivity contribution in [3.63, 3.8) is 0 Å². The van der Waals surface area contributed by atoms with Crippen molar-refractivity contribution in [3.8, 4) is 0 Å². The first-order valence-electron chi connectivity index (χ1n) is 8.90. The van der Waals surface area contributed by atoms with Crippen LogP contribution < -0.4 is 21.3 Å². The molecule has 0 fully saturated rings. The normalized spacial score (nSPS) is 12.2. The molecule has 3 aromatic rings. The molecule has 30 heavy (non-hydrogen) atoms. The van der Waals surface area contributed by atoms with Gasteiger partial charge in [-0.05, 0) is 35.9 Å². The van der Waals surface area contributed by atoms with Gasteiger partial charge in [0.1, 0.15) is 5.82 Å². The van der Waals surface area contributed by atoms with E-state index in [9.17, 15) is 22.8 Å². The maximum absolute atomic E-state index is 13.7. The molecule has 0 spiro atoms. The number of urea groups is 1. The second-order valence-corrected chi connectivity index (χ2v) is 6.63. The molecule has 0 bridgehead atoms. The summed E-state index contributed by atoms with van der Waals surface area (Å²) >= 11 is 0. The number of amides is 3. The number of anilines is 5. The highest BCUT2D eigenvalue weighted by Gasteiger charge is 2.17. The van der Waals surface area contributed by atoms with Crippen LogP contribution in [0.15, 0.2) is 54.6 Å². The molecule has 0 unspecified atom stereocenters. The van der Waals surface area contributed by atoms with Gasteiger partial charge in [-0.15, -0.1) is 0 Å². The number of benzene rings is 3. The molecule has 6 nitrogen and oxygen atoms in total. The number of hydrogen-bond acceptors (Lipinski definition) is 3. The van der Waals surface area contributed by atoms with E-state index in [2.05, 4.69) is 21.3 Å². The quantitative estimate of drug-likeness (QED) is 0.456. The molecule has 0 saturated heterocycles. The summed E-state index contributed by atoms with van der Waals surface area (Å²) < 4.78 is 39.9. The summed E-state index contributed by atoms with van der Waals surface area (Å²) in [4.78, 5) is 23.6. The molecule has 4 N–H and O–H groups in total. The molecule has 1 aliphatic heterocycles. The van der Waals surface area contributed by atoms with Crippen molar-refractivity contribution < 1.29 is 22.8 Å². The average Bonchev–Trinajstić information content (AvgIpc) is 3.05. The van der Waals surface area contributed by atoms with Crippen LogP contribution in [-0.4, -0.2) is 11.9 Å². The van der Waals surface area contributed by atoms with E-state index in [1.807, 2.05) is 12.1 Å². The SMILES string of the molecule is O=C1Cc2ccc(Nc3cccc(NC(=O)Nc4cc(F)c(F)cc4F)c3)cc2N1. The molecule has 0 aromatic heterocycles. The Hall–Kier alpha value is -4.01. The van der Waals surface area contributed by atoms with Gasteiger partial charge in [0.25, 0.3) is 0 Å². The molecule has 9 heteroatoms. The molecule has 0 atom stereocenters. The minimum atomic E-state index is -1.34. The van der Waals surface area contributed by atoms with Crippen LogP contribution in [-0.2, 0) is 11.2 Å². The summed E-state index contributed by atoms with van der Waals surface area (Å²) in [5.41, 5.74) is 2.95. The van der Waals surface area contributed by atoms with Crippen LogP contribution in [0.4, 0.5) is 46.4 Å². The van der Waals surface area contributed by atoms with E-state index in [-0.39, 0.29) is 5.91 Å². The van der Waals surface area contributed by atoms with Crippen molar-refractivity contribution >= 4 is 40.4 Å². The fraction of sp³-hybridized carbons (Fsp3) is 0.0476. The van der Waals surface area contributed by atoms with E-state index < -0.39 is 29.2 Å². The first-order valence-corrected chi connectivity index (χ1v) is 8.90. The summed E-state index contributed by atoms with van der Waals surface area (Å²) in [6, 6.07) is 12.3. The number of carbonyl (C=O) groups excluding carboxylic acids is 2. The molecule has 1 aliphatic rings. The Bertz CT molecular complexity index is 1170. The Labute approximate surface area is 169 Å². The van der Waals surface area contributed by atoms with Crippen LogP contribution in [0.3, 0.4) is 0 Å². The number of nitrogens with one attached hydrogen (secondary N) is 4. The molecule has 0 radical (unpaired) electrons. The molecule has 0 saturated carbocycles. The van der Waals surface area contributed by atoms with Crippen molar-refractivity contribution in [2.45, 2.75) is 6.42 Å². The van der Waals surface area contributed by atoms with Gasteiger partial charge in [-0.3, -0.25) is 4.79 Å². The highest BCUT2D eigenvalue weighted by molar-refractivity contribution is 6.01. The Morgan fingerprint density at radius 1 is 0.833 bits per heavy atom. The third-order valence-corrected chi connectivity index (χ3v) is 4.40. The summed E-state index contributed by atoms with van der Waals surface area (Å²) in [5, 5.41) is 10.6. The summed E-state index contributed by atoms with van der Waals surface area (Å²) in [7, 11) is 0. The standard InChI is InChI=1S/C21H15F3N4O2/c22-15-9-17(24)19(10-16(15)23)28-21(30)26-13-3-1-2-12(7-13)25-14-5-4-11-6-20(29)27-18(11)8-14/h1-5,7-10,25H,6H2,(H,27,29)(H2,26,28,30). The van der Waals surface area contributed by atoms with Crippen LogP contribution in [0.1, 0.15) is 5.56 Å². The van der Waals surface area contributed by atoms with Gasteiger partial charge in [0, 0.05) is 34.9 Å². The van der Waals surface area contributed by atoms with Crippen LogP contribution in [0.25, 0.3) is 0 Å². The van der Waals surface area contributed by atoms with Crippen LogP contribution in [0, 0.1) is 17.5 Å². The molecule has 0 aliphatic carbocycles. The van der Waals surface area contributed by atoms with E-state index in [0.29, 0.717) is 29.9 Å². The third-order valence-electron chi connectivity index (χ3n) is 4.40. The second-order valence-electron chi connectivity index (χ2n) is 6.63. The number of rotatable bonds is 4. The van der Waals surface area contributed by atoms with E-state index in [4.69, 9.17) is 0 Å². The Morgan fingerprint density at radius 3 is 2.40 bits per heavy atom. The maximum atomic E-state index is 13.7. The Morgan fingerprint density at radius 2 is 1.57 bits per heavy atom. The average molecular weight is 412 g/mol. The van der Waals surface area contributed by atoms with Gasteiger partial charge in [-0.1, -0.05) is 12.1 Å². The minimum absolute atomic E-state index is 0.0585. The molecule has 3 amide bonds. The molecular weight excluding hydrogens is 397 g/mol. The Balaban J connectivity index is 1.44. The lowest BCUT2D eigenvalue weighted by molar-refractivity contribution is -0.115. The van der Waals surface area contributed by atoms with Gasteiger partial charge in [0.05, 0.1) is 12.1 Å². The topological polar surface area (TPSA) is 82.3 Å². The van der Waals surface area contributed by atoms with Crippen molar-refractivity contribution in [2.24, 2.45) is 0 Å². The summed E-state index contributed by atoms with van der Waals surface area (Å²) in [6.45, 7) is 0. The van der Waals surface area contributed by atoms with E-state index in [0.717, 1.165) is 16.9 Å². The summed E-state index contributed by atoms with van der Waals surface area (Å²) in [5.74, 6) is -3.77. The van der Waals surface area contributed by atoms with Gasteiger partial charge in [0.2, 0.25) is 5.91 Å². The lowest BCUT2D eigenvalue weighted by Crippen LogP contribution is -2.20. The van der Waals surface area contributed by atoms with E-state index >= 15 is 0 Å². The van der Waals surface area contributed by atoms with Crippen molar-refractivity contribution in [1.82, 2.24) is 0 Å². The fourth-order valence-electron chi connectivity index (χ4n) is 3.04. The summed E-state index contributed by atoms with van der Waals surface area (Å²) in [6.07, 6.45) is 0.350. The number of halogens is 3. The van der Waals surface area contributed by atoms with Gasteiger partial charge >= 0.3 is 6.03 Å². The maximum Gasteiger partial charge on any atom is 0.323 e. The van der Waals surface area contributed by atoms with Crippen LogP contribution in [0.2, 0.25) is 0 Å². The lowest BCUT2D eigenvalue weighted by atomic mass is 10.1. The molecule has 152 valence electrons. The molecule has 3 aromatic carbocycles. The van der Waals surface area contributed by atoms with Crippen LogP contribution >= 0.6 is 0 Å². The van der Waals surface area contributed by atoms with Crippen molar-refractivity contribution in [3.05, 3.63) is 77.6 Å². The largest absolute Gasteiger partial charge is 0.355 e. The first kappa shape index (κ1) is 19.3. The molecule has 1 heterocycles. The zero-order valence-corrected chi connectivity index (χ0v) is 15.4. The minimum Gasteiger partial charge on any atom is -0.355 e. The second kappa shape index (κ2) is 7.78. The highest BCUT2D eigenvalue weighted by atomic mass is 19.2. The fourth-order valence-corrected chi connectivity index (χ4v) is 3.04. The van der Waals surface area contributed by atoms with Crippen LogP contribution in [0.5, 0.6) is 0 Å². The predicted molar refractivity (Wildman–Crippen MR) is 107 cm³/mol.